The maximum absolute atomic E-state index is 13.0. The van der Waals surface area contributed by atoms with Crippen LogP contribution in [0.5, 0.6) is 5.75 Å². The smallest absolute Gasteiger partial charge is 0.251 e. The van der Waals surface area contributed by atoms with E-state index < -0.39 is 0 Å². The van der Waals surface area contributed by atoms with Crippen LogP contribution < -0.4 is 10.1 Å². The molecule has 0 aliphatic carbocycles. The minimum absolute atomic E-state index is 0.159. The topological polar surface area (TPSA) is 60.5 Å². The van der Waals surface area contributed by atoms with Gasteiger partial charge in [0.2, 0.25) is 0 Å². The number of ether oxygens (including phenoxy) is 2. The molecular weight excluding hydrogens is 376 g/mol. The summed E-state index contributed by atoms with van der Waals surface area (Å²) in [7, 11) is 1.63. The predicted molar refractivity (Wildman–Crippen MR) is 119 cm³/mol. The zero-order valence-corrected chi connectivity index (χ0v) is 17.9. The van der Waals surface area contributed by atoms with Crippen molar-refractivity contribution in [2.45, 2.75) is 26.8 Å². The van der Waals surface area contributed by atoms with Gasteiger partial charge in [-0.1, -0.05) is 35.9 Å². The number of benzene rings is 2. The lowest BCUT2D eigenvalue weighted by molar-refractivity contribution is 0.0939. The molecule has 1 amide bonds. The van der Waals surface area contributed by atoms with Gasteiger partial charge in [-0.05, 0) is 61.7 Å². The number of amides is 1. The number of nitrogens with one attached hydrogen (secondary N) is 1. The van der Waals surface area contributed by atoms with E-state index >= 15 is 0 Å². The highest BCUT2D eigenvalue weighted by Gasteiger charge is 2.15. The molecule has 0 spiro atoms. The molecule has 2 aromatic carbocycles. The normalized spacial score (nSPS) is 11.7. The fourth-order valence-corrected chi connectivity index (χ4v) is 3.07. The third kappa shape index (κ3) is 5.67. The van der Waals surface area contributed by atoms with Crippen molar-refractivity contribution in [2.75, 3.05) is 20.3 Å². The van der Waals surface area contributed by atoms with Crippen LogP contribution in [0.3, 0.4) is 0 Å². The van der Waals surface area contributed by atoms with Crippen LogP contribution in [0.2, 0.25) is 0 Å². The monoisotopic (exact) mass is 404 g/mol. The number of carbonyl (C=O) groups excluding carboxylic acids is 1. The van der Waals surface area contributed by atoms with E-state index in [9.17, 15) is 4.79 Å². The second-order valence-corrected chi connectivity index (χ2v) is 7.38. The quantitative estimate of drug-likeness (QED) is 0.544. The molecule has 0 bridgehead atoms. The van der Waals surface area contributed by atoms with Crippen molar-refractivity contribution < 1.29 is 14.3 Å². The van der Waals surface area contributed by atoms with Crippen LogP contribution >= 0.6 is 0 Å². The number of hydrogen-bond donors (Lipinski definition) is 1. The number of hydrogen-bond acceptors (Lipinski definition) is 4. The predicted octanol–water partition coefficient (Wildman–Crippen LogP) is 4.88. The Bertz CT molecular complexity index is 982. The first-order valence-corrected chi connectivity index (χ1v) is 10.0. The summed E-state index contributed by atoms with van der Waals surface area (Å²) >= 11 is 0. The molecule has 1 atom stereocenters. The Morgan fingerprint density at radius 3 is 2.43 bits per heavy atom. The van der Waals surface area contributed by atoms with Gasteiger partial charge in [0.15, 0.2) is 0 Å². The largest absolute Gasteiger partial charge is 0.491 e. The molecule has 0 aliphatic rings. The number of aryl methyl sites for hydroxylation is 2. The molecule has 0 aliphatic heterocycles. The van der Waals surface area contributed by atoms with Crippen molar-refractivity contribution in [3.8, 4) is 16.9 Å². The Morgan fingerprint density at radius 1 is 1.00 bits per heavy atom. The van der Waals surface area contributed by atoms with Gasteiger partial charge in [-0.25, -0.2) is 0 Å². The lowest BCUT2D eigenvalue weighted by atomic mass is 10.0. The van der Waals surface area contributed by atoms with Gasteiger partial charge in [0, 0.05) is 24.6 Å². The fraction of sp³-hybridized carbons (Fsp3) is 0.280. The number of pyridine rings is 1. The minimum atomic E-state index is -0.161. The number of aromatic nitrogens is 1. The molecule has 1 aromatic heterocycles. The summed E-state index contributed by atoms with van der Waals surface area (Å²) in [5.41, 5.74) is 5.60. The van der Waals surface area contributed by atoms with Gasteiger partial charge < -0.3 is 14.8 Å². The maximum atomic E-state index is 13.0. The molecule has 0 fully saturated rings. The van der Waals surface area contributed by atoms with E-state index in [1.807, 2.05) is 57.2 Å². The van der Waals surface area contributed by atoms with E-state index in [2.05, 4.69) is 22.4 Å². The molecule has 5 heteroatoms. The standard InChI is InChI=1S/C25H28N2O3/c1-17-5-8-20(9-6-17)22-13-23(15-24(14-22)30-12-11-29-4)25(28)27-19(3)21-10-7-18(2)26-16-21/h5-10,13-16,19H,11-12H2,1-4H3,(H,27,28)/t19-/m1/s1. The first kappa shape index (κ1) is 21.5. The van der Waals surface area contributed by atoms with Crippen LogP contribution in [0, 0.1) is 13.8 Å². The van der Waals surface area contributed by atoms with Gasteiger partial charge in [-0.15, -0.1) is 0 Å². The summed E-state index contributed by atoms with van der Waals surface area (Å²) in [4.78, 5) is 17.3. The third-order valence-electron chi connectivity index (χ3n) is 4.89. The van der Waals surface area contributed by atoms with Crippen LogP contribution in [0.15, 0.2) is 60.8 Å². The Kier molecular flexibility index (Phi) is 7.20. The zero-order chi connectivity index (χ0) is 21.5. The highest BCUT2D eigenvalue weighted by atomic mass is 16.5. The summed E-state index contributed by atoms with van der Waals surface area (Å²) in [5.74, 6) is 0.480. The maximum Gasteiger partial charge on any atom is 0.251 e. The van der Waals surface area contributed by atoms with E-state index in [0.29, 0.717) is 24.5 Å². The first-order chi connectivity index (χ1) is 14.5. The molecule has 5 nitrogen and oxygen atoms in total. The van der Waals surface area contributed by atoms with Crippen LogP contribution in [0.25, 0.3) is 11.1 Å². The average Bonchev–Trinajstić information content (AvgIpc) is 2.74. The molecule has 1 heterocycles. The number of carbonyl (C=O) groups is 1. The molecule has 0 radical (unpaired) electrons. The highest BCUT2D eigenvalue weighted by molar-refractivity contribution is 5.96. The van der Waals surface area contributed by atoms with E-state index in [-0.39, 0.29) is 11.9 Å². The van der Waals surface area contributed by atoms with Crippen LogP contribution in [-0.4, -0.2) is 31.2 Å². The van der Waals surface area contributed by atoms with E-state index in [0.717, 1.165) is 22.4 Å². The van der Waals surface area contributed by atoms with Gasteiger partial charge >= 0.3 is 0 Å². The Hall–Kier alpha value is -3.18. The first-order valence-electron chi connectivity index (χ1n) is 10.0. The number of nitrogens with zero attached hydrogens (tertiary/aromatic N) is 1. The van der Waals surface area contributed by atoms with Crippen molar-refractivity contribution in [3.05, 3.63) is 83.2 Å². The summed E-state index contributed by atoms with van der Waals surface area (Å²) in [6, 6.07) is 17.6. The lowest BCUT2D eigenvalue weighted by Crippen LogP contribution is -2.26. The molecule has 0 unspecified atom stereocenters. The second kappa shape index (κ2) is 10.0. The van der Waals surface area contributed by atoms with Gasteiger partial charge in [-0.2, -0.15) is 0 Å². The lowest BCUT2D eigenvalue weighted by Gasteiger charge is -2.16. The van der Waals surface area contributed by atoms with Crippen LogP contribution in [0.1, 0.15) is 40.1 Å². The molecule has 1 N–H and O–H groups in total. The zero-order valence-electron chi connectivity index (χ0n) is 17.9. The highest BCUT2D eigenvalue weighted by Crippen LogP contribution is 2.27. The van der Waals surface area contributed by atoms with Crippen LogP contribution in [-0.2, 0) is 4.74 Å². The molecule has 30 heavy (non-hydrogen) atoms. The molecular formula is C25H28N2O3. The number of methoxy groups -OCH3 is 1. The Labute approximate surface area is 178 Å². The van der Waals surface area contributed by atoms with Crippen molar-refractivity contribution in [1.82, 2.24) is 10.3 Å². The Balaban J connectivity index is 1.86. The van der Waals surface area contributed by atoms with Crippen molar-refractivity contribution >= 4 is 5.91 Å². The van der Waals surface area contributed by atoms with Gasteiger partial charge in [0.25, 0.3) is 5.91 Å². The molecule has 3 aromatic rings. The average molecular weight is 405 g/mol. The van der Waals surface area contributed by atoms with Gasteiger partial charge in [-0.3, -0.25) is 9.78 Å². The van der Waals surface area contributed by atoms with E-state index in [1.165, 1.54) is 5.56 Å². The third-order valence-corrected chi connectivity index (χ3v) is 4.89. The summed E-state index contributed by atoms with van der Waals surface area (Å²) in [5, 5.41) is 3.06. The van der Waals surface area contributed by atoms with E-state index in [1.54, 1.807) is 19.4 Å². The fourth-order valence-electron chi connectivity index (χ4n) is 3.07. The molecule has 0 saturated heterocycles. The van der Waals surface area contributed by atoms with Crippen molar-refractivity contribution in [3.63, 3.8) is 0 Å². The van der Waals surface area contributed by atoms with Gasteiger partial charge in [0.05, 0.1) is 12.6 Å². The molecule has 0 saturated carbocycles. The second-order valence-electron chi connectivity index (χ2n) is 7.38. The number of rotatable bonds is 8. The molecule has 3 rings (SSSR count). The van der Waals surface area contributed by atoms with Crippen molar-refractivity contribution in [1.29, 1.82) is 0 Å². The van der Waals surface area contributed by atoms with E-state index in [4.69, 9.17) is 9.47 Å². The van der Waals surface area contributed by atoms with Gasteiger partial charge in [0.1, 0.15) is 12.4 Å². The minimum Gasteiger partial charge on any atom is -0.491 e. The van der Waals surface area contributed by atoms with Crippen LogP contribution in [0.4, 0.5) is 0 Å². The summed E-state index contributed by atoms with van der Waals surface area (Å²) < 4.78 is 10.9. The molecule has 156 valence electrons. The summed E-state index contributed by atoms with van der Waals surface area (Å²) in [6.45, 7) is 6.83. The SMILES string of the molecule is COCCOc1cc(C(=O)N[C@H](C)c2ccc(C)nc2)cc(-c2ccc(C)cc2)c1. The summed E-state index contributed by atoms with van der Waals surface area (Å²) in [6.07, 6.45) is 1.79. The Morgan fingerprint density at radius 2 is 1.77 bits per heavy atom. The van der Waals surface area contributed by atoms with Crippen molar-refractivity contribution in [2.24, 2.45) is 0 Å².